The number of halogens is 2. The van der Waals surface area contributed by atoms with E-state index in [9.17, 15) is 0 Å². The molecule has 2 aliphatic rings. The van der Waals surface area contributed by atoms with Gasteiger partial charge < -0.3 is 18.6 Å². The number of fused-ring (bicyclic) bond motifs is 2. The summed E-state index contributed by atoms with van der Waals surface area (Å²) < 4.78 is 6.34. The maximum atomic E-state index is 6.27. The minimum Gasteiger partial charge on any atom is -0.427 e. The monoisotopic (exact) mass is 578 g/mol. The molecule has 1 aromatic carbocycles. The second-order valence-corrected chi connectivity index (χ2v) is 8.86. The molecule has 30 heavy (non-hydrogen) atoms. The van der Waals surface area contributed by atoms with Gasteiger partial charge in [-0.1, -0.05) is 12.1 Å². The first-order valence-electron chi connectivity index (χ1n) is 9.80. The van der Waals surface area contributed by atoms with Crippen LogP contribution >= 0.6 is 38.9 Å². The molecule has 2 bridgehead atoms. The molecule has 0 aliphatic carbocycles. The number of nitrogen functional groups attached to an aromatic ring is 1. The van der Waals surface area contributed by atoms with Crippen molar-refractivity contribution in [2.45, 2.75) is 24.9 Å². The average Bonchev–Trinajstić information content (AvgIpc) is 3.03. The Morgan fingerprint density at radius 1 is 1.07 bits per heavy atom. The van der Waals surface area contributed by atoms with E-state index in [0.717, 1.165) is 53.2 Å². The van der Waals surface area contributed by atoms with Crippen LogP contribution in [0.25, 0.3) is 11.3 Å². The molecule has 2 atom stereocenters. The molecule has 2 saturated heterocycles. The Labute approximate surface area is 197 Å². The number of nitrogens with two attached hydrogens (primary N) is 1. The molecule has 2 aromatic heterocycles. The fraction of sp³-hybridized carbons (Fsp3) is 0.286. The van der Waals surface area contributed by atoms with Crippen LogP contribution in [0.3, 0.4) is 0 Å². The summed E-state index contributed by atoms with van der Waals surface area (Å²) >= 11 is 5.39. The molecule has 0 spiro atoms. The second kappa shape index (κ2) is 8.18. The summed E-state index contributed by atoms with van der Waals surface area (Å²) in [6.07, 6.45) is 4.19. The van der Waals surface area contributed by atoms with Gasteiger partial charge in [0.15, 0.2) is 28.8 Å². The molecule has 2 fully saturated rings. The normalized spacial score (nSPS) is 20.5. The lowest BCUT2D eigenvalue weighted by Gasteiger charge is -2.43. The van der Waals surface area contributed by atoms with E-state index in [0.29, 0.717) is 17.9 Å². The van der Waals surface area contributed by atoms with Crippen molar-refractivity contribution in [1.82, 2.24) is 15.2 Å². The smallest absolute Gasteiger partial charge is 0.192 e. The Balaban J connectivity index is 1.45. The predicted molar refractivity (Wildman–Crippen MR) is 130 cm³/mol. The van der Waals surface area contributed by atoms with E-state index in [1.807, 2.05) is 59.5 Å². The highest BCUT2D eigenvalue weighted by atomic mass is 127. The lowest BCUT2D eigenvalue weighted by molar-refractivity contribution is 0.534. The first-order chi connectivity index (χ1) is 14.6. The zero-order valence-corrected chi connectivity index (χ0v) is 19.8. The fourth-order valence-corrected chi connectivity index (χ4v) is 5.33. The minimum absolute atomic E-state index is 0.430. The van der Waals surface area contributed by atoms with Gasteiger partial charge in [0.2, 0.25) is 0 Å². The molecule has 2 unspecified atom stereocenters. The van der Waals surface area contributed by atoms with Gasteiger partial charge >= 0.3 is 0 Å². The van der Waals surface area contributed by atoms with Crippen molar-refractivity contribution >= 4 is 56.1 Å². The van der Waals surface area contributed by atoms with E-state index in [4.69, 9.17) is 8.80 Å². The summed E-state index contributed by atoms with van der Waals surface area (Å²) in [5.41, 5.74) is 10.1. The van der Waals surface area contributed by atoms with E-state index in [1.54, 1.807) is 0 Å². The Kier molecular flexibility index (Phi) is 5.40. The molecule has 7 nitrogen and oxygen atoms in total. The average molecular weight is 579 g/mol. The van der Waals surface area contributed by atoms with Crippen molar-refractivity contribution in [3.63, 3.8) is 0 Å². The molecule has 2 N–H and O–H groups in total. The third kappa shape index (κ3) is 3.58. The first-order valence-corrected chi connectivity index (χ1v) is 11.5. The quantitative estimate of drug-likeness (QED) is 0.361. The molecular formula is C21H20BrIN6O. The Morgan fingerprint density at radius 2 is 1.83 bits per heavy atom. The van der Waals surface area contributed by atoms with E-state index < -0.39 is 0 Å². The van der Waals surface area contributed by atoms with Crippen molar-refractivity contribution < 1.29 is 3.07 Å². The number of nitrogens with zero attached hydrogens (tertiary/aromatic N) is 5. The summed E-state index contributed by atoms with van der Waals surface area (Å²) in [6.45, 7) is 1.80. The van der Waals surface area contributed by atoms with Gasteiger partial charge in [0.05, 0.1) is 11.4 Å². The standard InChI is InChI=1S/C21H20BrIN6O/c22-20-9-13(7-8-25-20)29-14-5-6-15(29)12-28(11-14)18-10-17(26-27-21(18)24)16-3-1-2-4-19(16)30-23/h1-4,7-10,14-15H,5-6,11-12H2,(H2,24,27). The maximum Gasteiger partial charge on any atom is 0.192 e. The molecule has 0 saturated carbocycles. The zero-order chi connectivity index (χ0) is 20.7. The van der Waals surface area contributed by atoms with Crippen molar-refractivity contribution in [1.29, 1.82) is 0 Å². The maximum absolute atomic E-state index is 6.27. The zero-order valence-electron chi connectivity index (χ0n) is 16.1. The summed E-state index contributed by atoms with van der Waals surface area (Å²) in [4.78, 5) is 9.16. The van der Waals surface area contributed by atoms with Gasteiger partial charge in [-0.3, -0.25) is 0 Å². The van der Waals surface area contributed by atoms with Crippen LogP contribution in [-0.4, -0.2) is 40.4 Å². The van der Waals surface area contributed by atoms with Gasteiger partial charge in [-0.15, -0.1) is 10.2 Å². The van der Waals surface area contributed by atoms with Crippen LogP contribution in [0.15, 0.2) is 53.3 Å². The van der Waals surface area contributed by atoms with Gasteiger partial charge in [0.25, 0.3) is 0 Å². The number of para-hydroxylation sites is 1. The highest BCUT2D eigenvalue weighted by molar-refractivity contribution is 14.1. The molecule has 0 radical (unpaired) electrons. The molecule has 5 rings (SSSR count). The number of pyridine rings is 1. The summed E-state index contributed by atoms with van der Waals surface area (Å²) in [5, 5.41) is 8.60. The van der Waals surface area contributed by atoms with Crippen LogP contribution in [0.4, 0.5) is 17.2 Å². The van der Waals surface area contributed by atoms with Gasteiger partial charge in [0.1, 0.15) is 10.4 Å². The first kappa shape index (κ1) is 19.8. The number of hydrogen-bond acceptors (Lipinski definition) is 7. The minimum atomic E-state index is 0.430. The van der Waals surface area contributed by atoms with Gasteiger partial charge in [0, 0.05) is 42.6 Å². The number of hydrogen-bond donors (Lipinski definition) is 1. The lowest BCUT2D eigenvalue weighted by atomic mass is 10.1. The third-order valence-electron chi connectivity index (χ3n) is 5.88. The van der Waals surface area contributed by atoms with Crippen molar-refractivity contribution in [3.8, 4) is 17.0 Å². The van der Waals surface area contributed by atoms with E-state index in [1.165, 1.54) is 5.69 Å². The predicted octanol–water partition coefficient (Wildman–Crippen LogP) is 4.47. The molecular weight excluding hydrogens is 559 g/mol. The van der Waals surface area contributed by atoms with Gasteiger partial charge in [-0.05, 0) is 59.1 Å². The number of aromatic nitrogens is 3. The second-order valence-electron chi connectivity index (χ2n) is 7.61. The van der Waals surface area contributed by atoms with Gasteiger partial charge in [-0.25, -0.2) is 4.98 Å². The summed E-state index contributed by atoms with van der Waals surface area (Å²) in [5.74, 6) is 1.22. The number of anilines is 3. The Bertz CT molecular complexity index is 1070. The number of rotatable bonds is 4. The summed E-state index contributed by atoms with van der Waals surface area (Å²) in [6, 6.07) is 14.9. The highest BCUT2D eigenvalue weighted by Gasteiger charge is 2.40. The van der Waals surface area contributed by atoms with Crippen LogP contribution in [0.1, 0.15) is 12.8 Å². The molecule has 9 heteroatoms. The third-order valence-corrected chi connectivity index (χ3v) is 6.79. The van der Waals surface area contributed by atoms with Gasteiger partial charge in [-0.2, -0.15) is 0 Å². The molecule has 2 aliphatic heterocycles. The van der Waals surface area contributed by atoms with Crippen molar-refractivity contribution in [2.75, 3.05) is 28.6 Å². The number of piperazine rings is 1. The van der Waals surface area contributed by atoms with Crippen LogP contribution in [0, 0.1) is 0 Å². The lowest BCUT2D eigenvalue weighted by Crippen LogP contribution is -2.54. The number of benzene rings is 1. The SMILES string of the molecule is Nc1nnc(-c2ccccc2OI)cc1N1CC2CCC(C1)N2c1ccnc(Br)c1. The highest BCUT2D eigenvalue weighted by Crippen LogP contribution is 2.39. The van der Waals surface area contributed by atoms with E-state index in [-0.39, 0.29) is 0 Å². The van der Waals surface area contributed by atoms with E-state index in [2.05, 4.69) is 53.0 Å². The Hall–Kier alpha value is -2.14. The van der Waals surface area contributed by atoms with Crippen molar-refractivity contribution in [3.05, 3.63) is 53.3 Å². The van der Waals surface area contributed by atoms with E-state index >= 15 is 0 Å². The van der Waals surface area contributed by atoms with Crippen LogP contribution < -0.4 is 18.6 Å². The largest absolute Gasteiger partial charge is 0.427 e. The van der Waals surface area contributed by atoms with Crippen LogP contribution in [0.2, 0.25) is 0 Å². The van der Waals surface area contributed by atoms with Crippen molar-refractivity contribution in [2.24, 2.45) is 0 Å². The van der Waals surface area contributed by atoms with Crippen LogP contribution in [-0.2, 0) is 0 Å². The fourth-order valence-electron chi connectivity index (χ4n) is 4.60. The molecule has 3 aromatic rings. The Morgan fingerprint density at radius 3 is 2.57 bits per heavy atom. The molecule has 4 heterocycles. The molecule has 154 valence electrons. The summed E-state index contributed by atoms with van der Waals surface area (Å²) in [7, 11) is 0. The topological polar surface area (TPSA) is 80.4 Å². The van der Waals surface area contributed by atoms with Crippen LogP contribution in [0.5, 0.6) is 5.75 Å². The molecule has 0 amide bonds.